The Morgan fingerprint density at radius 2 is 2.26 bits per heavy atom. The van der Waals surface area contributed by atoms with E-state index in [0.29, 0.717) is 30.0 Å². The topological polar surface area (TPSA) is 93.4 Å². The van der Waals surface area contributed by atoms with Gasteiger partial charge in [0.25, 0.3) is 5.91 Å². The first-order chi connectivity index (χ1) is 9.09. The van der Waals surface area contributed by atoms with E-state index in [9.17, 15) is 9.59 Å². The maximum Gasteiger partial charge on any atom is 0.254 e. The molecule has 6 heteroatoms. The molecule has 0 bridgehead atoms. The van der Waals surface area contributed by atoms with Gasteiger partial charge in [0.05, 0.1) is 6.61 Å². The van der Waals surface area contributed by atoms with Gasteiger partial charge in [0.1, 0.15) is 6.10 Å². The Morgan fingerprint density at radius 1 is 1.47 bits per heavy atom. The molecule has 2 amide bonds. The minimum atomic E-state index is -0.510. The zero-order chi connectivity index (χ0) is 13.8. The number of amides is 2. The van der Waals surface area contributed by atoms with Crippen molar-refractivity contribution in [1.82, 2.24) is 5.32 Å². The zero-order valence-electron chi connectivity index (χ0n) is 10.7. The van der Waals surface area contributed by atoms with Crippen molar-refractivity contribution in [1.29, 1.82) is 0 Å². The number of ether oxygens (including phenoxy) is 1. The Hall–Kier alpha value is -1.92. The van der Waals surface area contributed by atoms with Gasteiger partial charge in [0.2, 0.25) is 5.91 Å². The van der Waals surface area contributed by atoms with Gasteiger partial charge >= 0.3 is 0 Å². The van der Waals surface area contributed by atoms with E-state index >= 15 is 0 Å². The van der Waals surface area contributed by atoms with Crippen LogP contribution in [-0.4, -0.2) is 37.6 Å². The van der Waals surface area contributed by atoms with Crippen molar-refractivity contribution in [3.8, 4) is 0 Å². The van der Waals surface area contributed by atoms with E-state index in [1.54, 1.807) is 25.1 Å². The normalized spacial score (nSPS) is 18.9. The molecule has 1 fully saturated rings. The third-order valence-electron chi connectivity index (χ3n) is 3.08. The third-order valence-corrected chi connectivity index (χ3v) is 3.08. The number of nitrogens with one attached hydrogen (secondary N) is 2. The van der Waals surface area contributed by atoms with Gasteiger partial charge in [-0.05, 0) is 24.6 Å². The molecule has 0 aromatic heterocycles. The fourth-order valence-corrected chi connectivity index (χ4v) is 1.99. The summed E-state index contributed by atoms with van der Waals surface area (Å²) in [5.74, 6) is -0.735. The number of primary amides is 1. The second-order valence-electron chi connectivity index (χ2n) is 4.40. The quantitative estimate of drug-likeness (QED) is 0.716. The van der Waals surface area contributed by atoms with Crippen LogP contribution in [0.4, 0.5) is 5.69 Å². The number of morpholine rings is 1. The summed E-state index contributed by atoms with van der Waals surface area (Å²) in [4.78, 5) is 23.2. The average Bonchev–Trinajstić information content (AvgIpc) is 2.41. The van der Waals surface area contributed by atoms with E-state index in [-0.39, 0.29) is 5.91 Å². The lowest BCUT2D eigenvalue weighted by atomic mass is 10.1. The fraction of sp³-hybridized carbons (Fsp3) is 0.385. The molecule has 4 N–H and O–H groups in total. The smallest absolute Gasteiger partial charge is 0.254 e. The van der Waals surface area contributed by atoms with E-state index in [0.717, 1.165) is 6.54 Å². The van der Waals surface area contributed by atoms with Crippen LogP contribution in [0.2, 0.25) is 0 Å². The number of hydrogen-bond donors (Lipinski definition) is 3. The summed E-state index contributed by atoms with van der Waals surface area (Å²) in [5.41, 5.74) is 6.91. The summed E-state index contributed by atoms with van der Waals surface area (Å²) < 4.78 is 5.36. The second kappa shape index (κ2) is 5.81. The summed E-state index contributed by atoms with van der Waals surface area (Å²) in [7, 11) is 0. The van der Waals surface area contributed by atoms with Gasteiger partial charge in [-0.3, -0.25) is 9.59 Å². The molecule has 1 saturated heterocycles. The predicted octanol–water partition coefficient (Wildman–Crippen LogP) is 0.0208. The van der Waals surface area contributed by atoms with Crippen molar-refractivity contribution in [3.63, 3.8) is 0 Å². The van der Waals surface area contributed by atoms with Crippen LogP contribution in [0.3, 0.4) is 0 Å². The summed E-state index contributed by atoms with van der Waals surface area (Å²) in [5, 5.41) is 5.85. The minimum Gasteiger partial charge on any atom is -0.366 e. The van der Waals surface area contributed by atoms with Crippen LogP contribution in [0.1, 0.15) is 15.9 Å². The Bertz CT molecular complexity index is 496. The molecule has 0 saturated carbocycles. The highest BCUT2D eigenvalue weighted by Gasteiger charge is 2.22. The van der Waals surface area contributed by atoms with E-state index in [1.165, 1.54) is 0 Å². The van der Waals surface area contributed by atoms with Crippen LogP contribution < -0.4 is 16.4 Å². The lowest BCUT2D eigenvalue weighted by molar-refractivity contribution is -0.128. The fourth-order valence-electron chi connectivity index (χ4n) is 1.99. The maximum atomic E-state index is 12.0. The highest BCUT2D eigenvalue weighted by Crippen LogP contribution is 2.19. The van der Waals surface area contributed by atoms with Crippen molar-refractivity contribution in [2.45, 2.75) is 13.0 Å². The molecule has 19 heavy (non-hydrogen) atoms. The lowest BCUT2D eigenvalue weighted by Gasteiger charge is -2.23. The second-order valence-corrected chi connectivity index (χ2v) is 4.40. The number of anilines is 1. The molecular formula is C13H17N3O3. The van der Waals surface area contributed by atoms with Crippen LogP contribution in [0.15, 0.2) is 18.2 Å². The first-order valence-corrected chi connectivity index (χ1v) is 6.12. The zero-order valence-corrected chi connectivity index (χ0v) is 10.7. The van der Waals surface area contributed by atoms with Crippen LogP contribution in [0, 0.1) is 6.92 Å². The summed E-state index contributed by atoms with van der Waals surface area (Å²) >= 11 is 0. The first-order valence-electron chi connectivity index (χ1n) is 6.12. The number of rotatable bonds is 3. The predicted molar refractivity (Wildman–Crippen MR) is 70.9 cm³/mol. The highest BCUT2D eigenvalue weighted by atomic mass is 16.5. The Kier molecular flexibility index (Phi) is 4.13. The highest BCUT2D eigenvalue weighted by molar-refractivity contribution is 5.99. The van der Waals surface area contributed by atoms with Crippen LogP contribution in [-0.2, 0) is 9.53 Å². The van der Waals surface area contributed by atoms with Gasteiger partial charge in [0, 0.05) is 24.3 Å². The molecule has 1 unspecified atom stereocenters. The molecule has 102 valence electrons. The maximum absolute atomic E-state index is 12.0. The molecule has 1 heterocycles. The van der Waals surface area contributed by atoms with Gasteiger partial charge in [-0.15, -0.1) is 0 Å². The van der Waals surface area contributed by atoms with E-state index in [4.69, 9.17) is 10.5 Å². The molecule has 0 aliphatic carbocycles. The van der Waals surface area contributed by atoms with Crippen molar-refractivity contribution >= 4 is 17.5 Å². The molecule has 1 aliphatic rings. The van der Waals surface area contributed by atoms with Crippen LogP contribution in [0.5, 0.6) is 0 Å². The van der Waals surface area contributed by atoms with Gasteiger partial charge < -0.3 is 21.1 Å². The molecule has 0 spiro atoms. The van der Waals surface area contributed by atoms with E-state index in [2.05, 4.69) is 10.6 Å². The SMILES string of the molecule is Cc1c(NC(=O)C2CNCCO2)cccc1C(N)=O. The molecule has 2 rings (SSSR count). The largest absolute Gasteiger partial charge is 0.366 e. The molecule has 0 radical (unpaired) electrons. The Balaban J connectivity index is 2.12. The van der Waals surface area contributed by atoms with Crippen molar-refractivity contribution in [2.75, 3.05) is 25.0 Å². The van der Waals surface area contributed by atoms with Crippen LogP contribution in [0.25, 0.3) is 0 Å². The summed E-state index contributed by atoms with van der Waals surface area (Å²) in [6, 6.07) is 5.05. The monoisotopic (exact) mass is 263 g/mol. The number of carbonyl (C=O) groups is 2. The Morgan fingerprint density at radius 3 is 2.89 bits per heavy atom. The van der Waals surface area contributed by atoms with Crippen molar-refractivity contribution < 1.29 is 14.3 Å². The number of benzene rings is 1. The molecule has 1 aliphatic heterocycles. The van der Waals surface area contributed by atoms with Crippen molar-refractivity contribution in [3.05, 3.63) is 29.3 Å². The van der Waals surface area contributed by atoms with E-state index < -0.39 is 12.0 Å². The van der Waals surface area contributed by atoms with E-state index in [1.807, 2.05) is 0 Å². The minimum absolute atomic E-state index is 0.225. The van der Waals surface area contributed by atoms with Crippen molar-refractivity contribution in [2.24, 2.45) is 5.73 Å². The van der Waals surface area contributed by atoms with Gasteiger partial charge in [-0.2, -0.15) is 0 Å². The summed E-state index contributed by atoms with van der Waals surface area (Å²) in [6.45, 7) is 3.49. The average molecular weight is 263 g/mol. The molecule has 1 aromatic rings. The van der Waals surface area contributed by atoms with Crippen LogP contribution >= 0.6 is 0 Å². The van der Waals surface area contributed by atoms with Gasteiger partial charge in [-0.25, -0.2) is 0 Å². The van der Waals surface area contributed by atoms with Gasteiger partial charge in [0.15, 0.2) is 0 Å². The lowest BCUT2D eigenvalue weighted by Crippen LogP contribution is -2.45. The number of hydrogen-bond acceptors (Lipinski definition) is 4. The number of nitrogens with two attached hydrogens (primary N) is 1. The number of carbonyl (C=O) groups excluding carboxylic acids is 2. The molecule has 1 atom stereocenters. The Labute approximate surface area is 111 Å². The first kappa shape index (κ1) is 13.5. The molecule has 6 nitrogen and oxygen atoms in total. The molecular weight excluding hydrogens is 246 g/mol. The standard InChI is InChI=1S/C13H17N3O3/c1-8-9(12(14)17)3-2-4-10(8)16-13(18)11-7-15-5-6-19-11/h2-4,11,15H,5-7H2,1H3,(H2,14,17)(H,16,18). The van der Waals surface area contributed by atoms with Gasteiger partial charge in [-0.1, -0.05) is 6.07 Å². The third kappa shape index (κ3) is 3.10. The molecule has 1 aromatic carbocycles. The summed E-state index contributed by atoms with van der Waals surface area (Å²) in [6.07, 6.45) is -0.509.